The Hall–Kier alpha value is -1.35. The maximum Gasteiger partial charge on any atom is 0.242 e. The zero-order chi connectivity index (χ0) is 13.3. The van der Waals surface area contributed by atoms with Crippen LogP contribution >= 0.6 is 0 Å². The van der Waals surface area contributed by atoms with Crippen LogP contribution < -0.4 is 5.73 Å². The van der Waals surface area contributed by atoms with Crippen LogP contribution in [0.1, 0.15) is 43.4 Å². The van der Waals surface area contributed by atoms with Crippen molar-refractivity contribution in [1.82, 2.24) is 4.90 Å². The summed E-state index contributed by atoms with van der Waals surface area (Å²) in [5.74, 6) is 0.0711. The molecular weight excluding hydrogens is 224 g/mol. The summed E-state index contributed by atoms with van der Waals surface area (Å²) >= 11 is 0. The van der Waals surface area contributed by atoms with Crippen molar-refractivity contribution in [1.29, 1.82) is 0 Å². The van der Waals surface area contributed by atoms with Gasteiger partial charge in [0.15, 0.2) is 0 Å². The Balaban J connectivity index is 2.10. The molecule has 1 saturated carbocycles. The van der Waals surface area contributed by atoms with Crippen LogP contribution in [0.5, 0.6) is 0 Å². The number of nitrogens with two attached hydrogens (primary N) is 1. The summed E-state index contributed by atoms with van der Waals surface area (Å²) in [6, 6.07) is 8.37. The zero-order valence-corrected chi connectivity index (χ0v) is 11.4. The first-order chi connectivity index (χ1) is 8.44. The lowest BCUT2D eigenvalue weighted by atomic mass is 9.76. The maximum atomic E-state index is 12.3. The van der Waals surface area contributed by atoms with Crippen molar-refractivity contribution in [3.8, 4) is 0 Å². The lowest BCUT2D eigenvalue weighted by molar-refractivity contribution is -0.140. The Kier molecular flexibility index (Phi) is 3.44. The summed E-state index contributed by atoms with van der Waals surface area (Å²) < 4.78 is 0. The molecule has 0 aliphatic heterocycles. The van der Waals surface area contributed by atoms with E-state index in [1.54, 1.807) is 4.90 Å². The molecule has 1 unspecified atom stereocenters. The molecule has 1 aromatic rings. The lowest BCUT2D eigenvalue weighted by Crippen LogP contribution is -2.59. The van der Waals surface area contributed by atoms with Gasteiger partial charge in [-0.1, -0.05) is 29.8 Å². The molecule has 1 aliphatic carbocycles. The van der Waals surface area contributed by atoms with Gasteiger partial charge in [-0.05, 0) is 38.7 Å². The number of benzene rings is 1. The zero-order valence-electron chi connectivity index (χ0n) is 11.4. The topological polar surface area (TPSA) is 46.3 Å². The highest BCUT2D eigenvalue weighted by molar-refractivity contribution is 5.87. The van der Waals surface area contributed by atoms with Gasteiger partial charge in [-0.2, -0.15) is 0 Å². The molecule has 0 spiro atoms. The van der Waals surface area contributed by atoms with E-state index in [0.29, 0.717) is 0 Å². The van der Waals surface area contributed by atoms with E-state index in [9.17, 15) is 4.79 Å². The minimum absolute atomic E-state index is 0.0686. The number of rotatable bonds is 3. The van der Waals surface area contributed by atoms with Crippen molar-refractivity contribution in [2.24, 2.45) is 5.73 Å². The summed E-state index contributed by atoms with van der Waals surface area (Å²) in [4.78, 5) is 14.1. The monoisotopic (exact) mass is 246 g/mol. The fraction of sp³-hybridized carbons (Fsp3) is 0.533. The first kappa shape index (κ1) is 13.1. The third-order valence-electron chi connectivity index (χ3n) is 4.13. The van der Waals surface area contributed by atoms with Crippen LogP contribution in [0, 0.1) is 6.92 Å². The molecule has 0 aromatic heterocycles. The molecule has 0 heterocycles. The summed E-state index contributed by atoms with van der Waals surface area (Å²) in [6.07, 6.45) is 2.70. The summed E-state index contributed by atoms with van der Waals surface area (Å²) in [5, 5.41) is 0. The number of hydrogen-bond acceptors (Lipinski definition) is 2. The Bertz CT molecular complexity index is 434. The number of nitrogens with zero attached hydrogens (tertiary/aromatic N) is 1. The first-order valence-corrected chi connectivity index (χ1v) is 6.57. The van der Waals surface area contributed by atoms with Crippen molar-refractivity contribution in [3.05, 3.63) is 35.4 Å². The van der Waals surface area contributed by atoms with Crippen LogP contribution in [-0.4, -0.2) is 23.4 Å². The number of aryl methyl sites for hydroxylation is 1. The molecule has 2 rings (SSSR count). The van der Waals surface area contributed by atoms with Crippen molar-refractivity contribution >= 4 is 5.91 Å². The van der Waals surface area contributed by atoms with E-state index in [1.165, 1.54) is 5.56 Å². The van der Waals surface area contributed by atoms with E-state index in [0.717, 1.165) is 24.8 Å². The smallest absolute Gasteiger partial charge is 0.242 e. The van der Waals surface area contributed by atoms with Crippen LogP contribution in [0.2, 0.25) is 0 Å². The maximum absolute atomic E-state index is 12.3. The van der Waals surface area contributed by atoms with Gasteiger partial charge in [0.2, 0.25) is 5.91 Å². The molecular formula is C15H22N2O. The molecule has 1 amide bonds. The van der Waals surface area contributed by atoms with Gasteiger partial charge in [0.1, 0.15) is 0 Å². The molecule has 0 radical (unpaired) electrons. The van der Waals surface area contributed by atoms with Crippen LogP contribution in [0.25, 0.3) is 0 Å². The Labute approximate surface area is 109 Å². The second kappa shape index (κ2) is 4.73. The van der Waals surface area contributed by atoms with Crippen molar-refractivity contribution in [2.45, 2.75) is 44.7 Å². The summed E-state index contributed by atoms with van der Waals surface area (Å²) in [7, 11) is 1.85. The number of hydrogen-bond donors (Lipinski definition) is 1. The molecule has 3 heteroatoms. The highest BCUT2D eigenvalue weighted by atomic mass is 16.2. The van der Waals surface area contributed by atoms with Gasteiger partial charge in [-0.15, -0.1) is 0 Å². The van der Waals surface area contributed by atoms with Crippen molar-refractivity contribution in [2.75, 3.05) is 7.05 Å². The second-order valence-electron chi connectivity index (χ2n) is 5.51. The van der Waals surface area contributed by atoms with Gasteiger partial charge in [-0.25, -0.2) is 0 Å². The number of carbonyl (C=O) groups is 1. The molecule has 1 fully saturated rings. The largest absolute Gasteiger partial charge is 0.337 e. The van der Waals surface area contributed by atoms with Crippen molar-refractivity contribution < 1.29 is 4.79 Å². The fourth-order valence-electron chi connectivity index (χ4n) is 2.37. The summed E-state index contributed by atoms with van der Waals surface area (Å²) in [6.45, 7) is 4.11. The molecule has 1 aliphatic rings. The normalized spacial score (nSPS) is 18.9. The van der Waals surface area contributed by atoms with E-state index in [4.69, 9.17) is 5.73 Å². The van der Waals surface area contributed by atoms with E-state index >= 15 is 0 Å². The van der Waals surface area contributed by atoms with E-state index in [1.807, 2.05) is 14.0 Å². The quantitative estimate of drug-likeness (QED) is 0.890. The molecule has 3 nitrogen and oxygen atoms in total. The van der Waals surface area contributed by atoms with E-state index in [-0.39, 0.29) is 11.9 Å². The fourth-order valence-corrected chi connectivity index (χ4v) is 2.37. The Morgan fingerprint density at radius 1 is 1.33 bits per heavy atom. The highest BCUT2D eigenvalue weighted by Crippen LogP contribution is 2.33. The van der Waals surface area contributed by atoms with Gasteiger partial charge in [0.05, 0.1) is 11.6 Å². The van der Waals surface area contributed by atoms with Crippen LogP contribution in [0.3, 0.4) is 0 Å². The minimum Gasteiger partial charge on any atom is -0.337 e. The average Bonchev–Trinajstić information content (AvgIpc) is 2.34. The minimum atomic E-state index is -0.603. The Morgan fingerprint density at radius 2 is 1.89 bits per heavy atom. The third-order valence-corrected chi connectivity index (χ3v) is 4.13. The third kappa shape index (κ3) is 2.27. The molecule has 1 atom stereocenters. The van der Waals surface area contributed by atoms with Crippen molar-refractivity contribution in [3.63, 3.8) is 0 Å². The number of likely N-dealkylation sites (N-methyl/N-ethyl adjacent to an activating group) is 1. The predicted octanol–water partition coefficient (Wildman–Crippen LogP) is 2.40. The van der Waals surface area contributed by atoms with Gasteiger partial charge in [0.25, 0.3) is 0 Å². The van der Waals surface area contributed by atoms with Crippen LogP contribution in [0.15, 0.2) is 24.3 Å². The van der Waals surface area contributed by atoms with Crippen LogP contribution in [-0.2, 0) is 4.79 Å². The SMILES string of the molecule is Cc1ccc(C(C)N(C)C(=O)C2(N)CCC2)cc1. The highest BCUT2D eigenvalue weighted by Gasteiger charge is 2.42. The first-order valence-electron chi connectivity index (χ1n) is 6.57. The molecule has 98 valence electrons. The molecule has 2 N–H and O–H groups in total. The van der Waals surface area contributed by atoms with E-state index < -0.39 is 5.54 Å². The molecule has 1 aromatic carbocycles. The summed E-state index contributed by atoms with van der Waals surface area (Å²) in [5.41, 5.74) is 7.88. The van der Waals surface area contributed by atoms with Gasteiger partial charge in [-0.3, -0.25) is 4.79 Å². The Morgan fingerprint density at radius 3 is 2.33 bits per heavy atom. The average molecular weight is 246 g/mol. The van der Waals surface area contributed by atoms with Gasteiger partial charge in [0, 0.05) is 7.05 Å². The predicted molar refractivity (Wildman–Crippen MR) is 73.1 cm³/mol. The lowest BCUT2D eigenvalue weighted by Gasteiger charge is -2.41. The second-order valence-corrected chi connectivity index (χ2v) is 5.51. The van der Waals surface area contributed by atoms with Gasteiger partial charge >= 0.3 is 0 Å². The molecule has 18 heavy (non-hydrogen) atoms. The number of carbonyl (C=O) groups excluding carboxylic acids is 1. The van der Waals surface area contributed by atoms with Crippen LogP contribution in [0.4, 0.5) is 0 Å². The number of amides is 1. The van der Waals surface area contributed by atoms with E-state index in [2.05, 4.69) is 31.2 Å². The van der Waals surface area contributed by atoms with Gasteiger partial charge < -0.3 is 10.6 Å². The standard InChI is InChI=1S/C15H22N2O/c1-11-5-7-13(8-6-11)12(2)17(3)14(18)15(16)9-4-10-15/h5-8,12H,4,9-10,16H2,1-3H3. The molecule has 0 saturated heterocycles. The molecule has 0 bridgehead atoms.